The van der Waals surface area contributed by atoms with E-state index < -0.39 is 12.1 Å². The Bertz CT molecular complexity index is 599. The van der Waals surface area contributed by atoms with E-state index in [1.54, 1.807) is 14.2 Å². The summed E-state index contributed by atoms with van der Waals surface area (Å²) in [5.74, 6) is 1.24. The minimum absolute atomic E-state index is 0. The molecule has 0 aliphatic rings. The number of aliphatic hydroxyl groups excluding tert-OH is 1. The Balaban J connectivity index is 0.00000264. The summed E-state index contributed by atoms with van der Waals surface area (Å²) in [7, 11) is 3.16. The minimum Gasteiger partial charge on any atom is -0.495 e. The maximum atomic E-state index is 10.4. The molecule has 2 aromatic carbocycles. The normalized spacial score (nSPS) is 12.9. The van der Waals surface area contributed by atoms with E-state index in [0.29, 0.717) is 17.9 Å². The first kappa shape index (κ1) is 19.8. The number of methoxy groups -OCH3 is 2. The number of aliphatic hydroxyl groups is 1. The lowest BCUT2D eigenvalue weighted by Crippen LogP contribution is -2.28. The van der Waals surface area contributed by atoms with Crippen molar-refractivity contribution in [2.24, 2.45) is 5.73 Å². The number of ether oxygens (including phenoxy) is 2. The lowest BCUT2D eigenvalue weighted by Gasteiger charge is -2.21. The van der Waals surface area contributed by atoms with E-state index in [1.807, 2.05) is 42.5 Å². The van der Waals surface area contributed by atoms with Crippen LogP contribution in [0.4, 0.5) is 0 Å². The molecule has 4 nitrogen and oxygen atoms in total. The molecule has 0 spiro atoms. The summed E-state index contributed by atoms with van der Waals surface area (Å²) >= 11 is 3.42. The van der Waals surface area contributed by atoms with Gasteiger partial charge in [-0.15, -0.1) is 12.4 Å². The maximum absolute atomic E-state index is 10.4. The van der Waals surface area contributed by atoms with Crippen LogP contribution in [-0.4, -0.2) is 25.4 Å². The van der Waals surface area contributed by atoms with Gasteiger partial charge in [-0.1, -0.05) is 30.3 Å². The zero-order valence-electron chi connectivity index (χ0n) is 13.0. The quantitative estimate of drug-likeness (QED) is 0.776. The lowest BCUT2D eigenvalue weighted by atomic mass is 9.96. The van der Waals surface area contributed by atoms with Gasteiger partial charge in [-0.2, -0.15) is 0 Å². The summed E-state index contributed by atoms with van der Waals surface area (Å²) in [5, 5.41) is 10.4. The summed E-state index contributed by atoms with van der Waals surface area (Å²) in [5.41, 5.74) is 8.01. The van der Waals surface area contributed by atoms with Gasteiger partial charge in [0.25, 0.3) is 0 Å². The third-order valence-electron chi connectivity index (χ3n) is 3.56. The average molecular weight is 403 g/mol. The Hall–Kier alpha value is -1.27. The van der Waals surface area contributed by atoms with Gasteiger partial charge in [0.1, 0.15) is 16.0 Å². The van der Waals surface area contributed by atoms with Crippen molar-refractivity contribution in [3.8, 4) is 11.5 Å². The summed E-state index contributed by atoms with van der Waals surface area (Å²) in [4.78, 5) is 0. The molecule has 3 N–H and O–H groups in total. The Morgan fingerprint density at radius 3 is 2.09 bits per heavy atom. The summed E-state index contributed by atoms with van der Waals surface area (Å²) in [6.07, 6.45) is -0.208. The van der Waals surface area contributed by atoms with Crippen molar-refractivity contribution in [3.63, 3.8) is 0 Å². The average Bonchev–Trinajstić information content (AvgIpc) is 2.55. The van der Waals surface area contributed by atoms with Crippen LogP contribution >= 0.6 is 28.3 Å². The van der Waals surface area contributed by atoms with Crippen LogP contribution in [0, 0.1) is 0 Å². The smallest absolute Gasteiger partial charge is 0.137 e. The predicted octanol–water partition coefficient (Wildman–Crippen LogP) is 3.49. The van der Waals surface area contributed by atoms with Gasteiger partial charge in [0.2, 0.25) is 0 Å². The topological polar surface area (TPSA) is 64.7 Å². The minimum atomic E-state index is -0.696. The second-order valence-electron chi connectivity index (χ2n) is 5.02. The summed E-state index contributed by atoms with van der Waals surface area (Å²) < 4.78 is 11.4. The molecule has 0 saturated carbocycles. The Morgan fingerprint density at radius 1 is 1.09 bits per heavy atom. The highest BCUT2D eigenvalue weighted by molar-refractivity contribution is 9.10. The SMILES string of the molecule is COc1cc([C@@H](N)[C@@H](O)Cc2ccccc2)cc(OC)c1Br.Cl. The standard InChI is InChI=1S/C17H20BrNO3.ClH/c1-21-14-9-12(10-15(22-2)16(14)18)17(19)13(20)8-11-6-4-3-5-7-11;/h3-7,9-10,13,17,20H,8,19H2,1-2H3;1H/t13-,17+;/m0./s1. The van der Waals surface area contributed by atoms with Gasteiger partial charge in [0.15, 0.2) is 0 Å². The molecule has 0 heterocycles. The zero-order valence-corrected chi connectivity index (χ0v) is 15.4. The monoisotopic (exact) mass is 401 g/mol. The molecule has 6 heteroatoms. The van der Waals surface area contributed by atoms with Crippen LogP contribution in [0.3, 0.4) is 0 Å². The highest BCUT2D eigenvalue weighted by Gasteiger charge is 2.20. The molecule has 2 atom stereocenters. The third kappa shape index (κ3) is 4.85. The zero-order chi connectivity index (χ0) is 16.1. The molecule has 0 amide bonds. The fourth-order valence-electron chi connectivity index (χ4n) is 2.29. The van der Waals surface area contributed by atoms with Crippen molar-refractivity contribution < 1.29 is 14.6 Å². The van der Waals surface area contributed by atoms with Crippen molar-refractivity contribution in [1.82, 2.24) is 0 Å². The van der Waals surface area contributed by atoms with Crippen molar-refractivity contribution >= 4 is 28.3 Å². The highest BCUT2D eigenvalue weighted by Crippen LogP contribution is 2.37. The first-order chi connectivity index (χ1) is 10.6. The number of hydrogen-bond acceptors (Lipinski definition) is 4. The largest absolute Gasteiger partial charge is 0.495 e. The Labute approximate surface area is 151 Å². The number of hydrogen-bond donors (Lipinski definition) is 2. The van der Waals surface area contributed by atoms with E-state index in [9.17, 15) is 5.11 Å². The predicted molar refractivity (Wildman–Crippen MR) is 97.6 cm³/mol. The molecular formula is C17H21BrClNO3. The molecule has 2 rings (SSSR count). The first-order valence-corrected chi connectivity index (χ1v) is 7.75. The van der Waals surface area contributed by atoms with E-state index in [1.165, 1.54) is 0 Å². The molecule has 0 aliphatic carbocycles. The molecule has 0 unspecified atom stereocenters. The molecule has 0 saturated heterocycles. The van der Waals surface area contributed by atoms with Crippen LogP contribution in [0.1, 0.15) is 17.2 Å². The van der Waals surface area contributed by atoms with Gasteiger partial charge in [-0.25, -0.2) is 0 Å². The van der Waals surface area contributed by atoms with Crippen LogP contribution in [0.15, 0.2) is 46.9 Å². The van der Waals surface area contributed by atoms with Crippen molar-refractivity contribution in [2.75, 3.05) is 14.2 Å². The van der Waals surface area contributed by atoms with Crippen molar-refractivity contribution in [1.29, 1.82) is 0 Å². The van der Waals surface area contributed by atoms with E-state index in [2.05, 4.69) is 15.9 Å². The Kier molecular flexibility index (Phi) is 7.85. The van der Waals surface area contributed by atoms with Gasteiger partial charge < -0.3 is 20.3 Å². The van der Waals surface area contributed by atoms with Gasteiger partial charge in [0, 0.05) is 6.42 Å². The highest BCUT2D eigenvalue weighted by atomic mass is 79.9. The maximum Gasteiger partial charge on any atom is 0.137 e. The number of nitrogens with two attached hydrogens (primary N) is 1. The fourth-order valence-corrected chi connectivity index (χ4v) is 2.84. The molecule has 2 aromatic rings. The van der Waals surface area contributed by atoms with E-state index in [-0.39, 0.29) is 12.4 Å². The van der Waals surface area contributed by atoms with E-state index >= 15 is 0 Å². The van der Waals surface area contributed by atoms with Crippen LogP contribution in [0.5, 0.6) is 11.5 Å². The number of halogens is 2. The van der Waals surface area contributed by atoms with Gasteiger partial charge in [0.05, 0.1) is 26.4 Å². The van der Waals surface area contributed by atoms with Crippen LogP contribution in [-0.2, 0) is 6.42 Å². The molecule has 0 aromatic heterocycles. The van der Waals surface area contributed by atoms with Gasteiger partial charge in [-0.05, 0) is 39.2 Å². The van der Waals surface area contributed by atoms with Gasteiger partial charge in [-0.3, -0.25) is 0 Å². The Morgan fingerprint density at radius 2 is 1.61 bits per heavy atom. The fraction of sp³-hybridized carbons (Fsp3) is 0.294. The van der Waals surface area contributed by atoms with Crippen LogP contribution in [0.25, 0.3) is 0 Å². The molecule has 126 valence electrons. The molecule has 0 radical (unpaired) electrons. The third-order valence-corrected chi connectivity index (χ3v) is 4.34. The van der Waals surface area contributed by atoms with Gasteiger partial charge >= 0.3 is 0 Å². The molecule has 0 fully saturated rings. The molecular weight excluding hydrogens is 382 g/mol. The summed E-state index contributed by atoms with van der Waals surface area (Å²) in [6, 6.07) is 12.9. The first-order valence-electron chi connectivity index (χ1n) is 6.95. The molecule has 23 heavy (non-hydrogen) atoms. The van der Waals surface area contributed by atoms with Crippen LogP contribution < -0.4 is 15.2 Å². The van der Waals surface area contributed by atoms with E-state index in [0.717, 1.165) is 15.6 Å². The molecule has 0 aliphatic heterocycles. The number of rotatable bonds is 6. The summed E-state index contributed by atoms with van der Waals surface area (Å²) in [6.45, 7) is 0. The van der Waals surface area contributed by atoms with Crippen molar-refractivity contribution in [2.45, 2.75) is 18.6 Å². The second-order valence-corrected chi connectivity index (χ2v) is 5.82. The second kappa shape index (κ2) is 9.13. The van der Waals surface area contributed by atoms with Crippen LogP contribution in [0.2, 0.25) is 0 Å². The van der Waals surface area contributed by atoms with Crippen molar-refractivity contribution in [3.05, 3.63) is 58.1 Å². The van der Waals surface area contributed by atoms with E-state index in [4.69, 9.17) is 15.2 Å². The lowest BCUT2D eigenvalue weighted by molar-refractivity contribution is 0.145. The number of benzene rings is 2. The molecule has 0 bridgehead atoms.